The molecule has 3 amide bonds. The van der Waals surface area contributed by atoms with E-state index in [0.717, 1.165) is 11.3 Å². The predicted octanol–water partition coefficient (Wildman–Crippen LogP) is 3.91. The molecular formula is C26H29N3O4. The van der Waals surface area contributed by atoms with Crippen molar-refractivity contribution in [3.8, 4) is 0 Å². The number of likely N-dealkylation sites (N-methyl/N-ethyl adjacent to an activating group) is 1. The van der Waals surface area contributed by atoms with Crippen LogP contribution in [0.5, 0.6) is 0 Å². The van der Waals surface area contributed by atoms with E-state index < -0.39 is 0 Å². The van der Waals surface area contributed by atoms with Crippen LogP contribution in [0.2, 0.25) is 0 Å². The summed E-state index contributed by atoms with van der Waals surface area (Å²) in [7, 11) is 0. The SMILES string of the molecule is CCOC(=O)N1CCC(N2C(=O)C(c3ccccc3)=C(N(CC)c3ccccc3)C2=O)CC1. The first-order valence-electron chi connectivity index (χ1n) is 11.5. The van der Waals surface area contributed by atoms with Gasteiger partial charge in [-0.15, -0.1) is 0 Å². The van der Waals surface area contributed by atoms with Gasteiger partial charge in [-0.25, -0.2) is 4.79 Å². The number of amides is 3. The first-order valence-corrected chi connectivity index (χ1v) is 11.5. The molecule has 0 radical (unpaired) electrons. The molecule has 2 aromatic rings. The van der Waals surface area contributed by atoms with Crippen molar-refractivity contribution in [2.45, 2.75) is 32.7 Å². The highest BCUT2D eigenvalue weighted by molar-refractivity contribution is 6.36. The van der Waals surface area contributed by atoms with Gasteiger partial charge in [0.25, 0.3) is 11.8 Å². The Morgan fingerprint density at radius 2 is 1.55 bits per heavy atom. The van der Waals surface area contributed by atoms with E-state index in [4.69, 9.17) is 4.74 Å². The van der Waals surface area contributed by atoms with E-state index in [9.17, 15) is 14.4 Å². The fraction of sp³-hybridized carbons (Fsp3) is 0.346. The smallest absolute Gasteiger partial charge is 0.409 e. The summed E-state index contributed by atoms with van der Waals surface area (Å²) in [5, 5.41) is 0. The van der Waals surface area contributed by atoms with Crippen LogP contribution in [-0.4, -0.2) is 60.0 Å². The molecule has 4 rings (SSSR count). The number of rotatable bonds is 6. The largest absolute Gasteiger partial charge is 0.450 e. The summed E-state index contributed by atoms with van der Waals surface area (Å²) in [4.78, 5) is 44.5. The van der Waals surface area contributed by atoms with E-state index in [1.807, 2.05) is 72.5 Å². The quantitative estimate of drug-likeness (QED) is 0.628. The highest BCUT2D eigenvalue weighted by Gasteiger charge is 2.45. The van der Waals surface area contributed by atoms with Crippen LogP contribution in [0, 0.1) is 0 Å². The van der Waals surface area contributed by atoms with Crippen LogP contribution in [0.1, 0.15) is 32.3 Å². The second kappa shape index (κ2) is 9.90. The molecule has 0 spiro atoms. The number of benzene rings is 2. The van der Waals surface area contributed by atoms with Gasteiger partial charge in [-0.05, 0) is 44.4 Å². The molecule has 0 aliphatic carbocycles. The Balaban J connectivity index is 1.67. The van der Waals surface area contributed by atoms with Crippen molar-refractivity contribution in [2.24, 2.45) is 0 Å². The number of nitrogens with zero attached hydrogens (tertiary/aromatic N) is 3. The first kappa shape index (κ1) is 22.6. The third-order valence-corrected chi connectivity index (χ3v) is 6.16. The highest BCUT2D eigenvalue weighted by atomic mass is 16.6. The number of para-hydroxylation sites is 1. The van der Waals surface area contributed by atoms with Crippen molar-refractivity contribution in [1.82, 2.24) is 9.80 Å². The van der Waals surface area contributed by atoms with Gasteiger partial charge in [-0.2, -0.15) is 0 Å². The molecule has 0 bridgehead atoms. The number of carbonyl (C=O) groups excluding carboxylic acids is 3. The Kier molecular flexibility index (Phi) is 6.77. The molecule has 1 fully saturated rings. The molecule has 2 aliphatic rings. The molecule has 2 aromatic carbocycles. The summed E-state index contributed by atoms with van der Waals surface area (Å²) in [5.74, 6) is -0.552. The number of likely N-dealkylation sites (tertiary alicyclic amines) is 1. The van der Waals surface area contributed by atoms with Crippen LogP contribution in [0.4, 0.5) is 10.5 Å². The van der Waals surface area contributed by atoms with Gasteiger partial charge in [-0.1, -0.05) is 48.5 Å². The maximum atomic E-state index is 13.8. The molecule has 2 aliphatic heterocycles. The first-order chi connectivity index (χ1) is 16.1. The normalized spacial score (nSPS) is 17.0. The van der Waals surface area contributed by atoms with Crippen molar-refractivity contribution < 1.29 is 19.1 Å². The second-order valence-corrected chi connectivity index (χ2v) is 8.07. The van der Waals surface area contributed by atoms with Gasteiger partial charge in [0, 0.05) is 31.4 Å². The van der Waals surface area contributed by atoms with Crippen molar-refractivity contribution in [2.75, 3.05) is 31.1 Å². The molecule has 172 valence electrons. The molecule has 0 aromatic heterocycles. The number of carbonyl (C=O) groups is 3. The molecule has 0 saturated carbocycles. The summed E-state index contributed by atoms with van der Waals surface area (Å²) in [6.45, 7) is 5.52. The molecule has 0 N–H and O–H groups in total. The van der Waals surface area contributed by atoms with Crippen LogP contribution < -0.4 is 4.90 Å². The van der Waals surface area contributed by atoms with E-state index in [2.05, 4.69) is 0 Å². The second-order valence-electron chi connectivity index (χ2n) is 8.07. The summed E-state index contributed by atoms with van der Waals surface area (Å²) in [5.41, 5.74) is 2.43. The summed E-state index contributed by atoms with van der Waals surface area (Å²) in [6.07, 6.45) is 0.715. The minimum Gasteiger partial charge on any atom is -0.450 e. The number of anilines is 1. The average Bonchev–Trinajstić information content (AvgIpc) is 3.11. The van der Waals surface area contributed by atoms with E-state index in [1.165, 1.54) is 4.90 Å². The average molecular weight is 448 g/mol. The van der Waals surface area contributed by atoms with Gasteiger partial charge >= 0.3 is 6.09 Å². The lowest BCUT2D eigenvalue weighted by molar-refractivity contribution is -0.140. The Hall–Kier alpha value is -3.61. The van der Waals surface area contributed by atoms with Crippen molar-refractivity contribution in [1.29, 1.82) is 0 Å². The minimum absolute atomic E-state index is 0.263. The molecule has 7 heteroatoms. The summed E-state index contributed by atoms with van der Waals surface area (Å²) in [6, 6.07) is 18.8. The molecule has 0 unspecified atom stereocenters. The molecular weight excluding hydrogens is 418 g/mol. The van der Waals surface area contributed by atoms with Gasteiger partial charge < -0.3 is 14.5 Å². The van der Waals surface area contributed by atoms with Crippen LogP contribution in [-0.2, 0) is 14.3 Å². The molecule has 0 atom stereocenters. The van der Waals surface area contributed by atoms with Crippen LogP contribution in [0.3, 0.4) is 0 Å². The van der Waals surface area contributed by atoms with Crippen LogP contribution in [0.25, 0.3) is 5.57 Å². The lowest BCUT2D eigenvalue weighted by atomic mass is 10.0. The van der Waals surface area contributed by atoms with Gasteiger partial charge in [-0.3, -0.25) is 14.5 Å². The minimum atomic E-state index is -0.347. The maximum absolute atomic E-state index is 13.8. The van der Waals surface area contributed by atoms with Gasteiger partial charge in [0.2, 0.25) is 0 Å². The third kappa shape index (κ3) is 4.35. The monoisotopic (exact) mass is 447 g/mol. The fourth-order valence-electron chi connectivity index (χ4n) is 4.58. The summed E-state index contributed by atoms with van der Waals surface area (Å²) >= 11 is 0. The highest BCUT2D eigenvalue weighted by Crippen LogP contribution is 2.36. The zero-order valence-corrected chi connectivity index (χ0v) is 19.1. The van der Waals surface area contributed by atoms with Crippen molar-refractivity contribution >= 4 is 29.2 Å². The number of imide groups is 1. The van der Waals surface area contributed by atoms with Gasteiger partial charge in [0.1, 0.15) is 5.70 Å². The van der Waals surface area contributed by atoms with E-state index >= 15 is 0 Å². The maximum Gasteiger partial charge on any atom is 0.409 e. The lowest BCUT2D eigenvalue weighted by Gasteiger charge is -2.35. The van der Waals surface area contributed by atoms with Gasteiger partial charge in [0.15, 0.2) is 0 Å². The standard InChI is InChI=1S/C26H29N3O4/c1-3-28(20-13-9-6-10-14-20)23-22(19-11-7-5-8-12-19)24(30)29(25(23)31)21-15-17-27(18-16-21)26(32)33-4-2/h5-14,21H,3-4,15-18H2,1-2H3. The predicted molar refractivity (Wildman–Crippen MR) is 126 cm³/mol. The number of hydrogen-bond acceptors (Lipinski definition) is 5. The third-order valence-electron chi connectivity index (χ3n) is 6.16. The molecule has 2 heterocycles. The van der Waals surface area contributed by atoms with Crippen LogP contribution in [0.15, 0.2) is 66.4 Å². The molecule has 7 nitrogen and oxygen atoms in total. The zero-order valence-electron chi connectivity index (χ0n) is 19.1. The topological polar surface area (TPSA) is 70.2 Å². The zero-order chi connectivity index (χ0) is 23.4. The Morgan fingerprint density at radius 3 is 2.12 bits per heavy atom. The Bertz CT molecular complexity index is 1040. The molecule has 33 heavy (non-hydrogen) atoms. The Labute approximate surface area is 194 Å². The van der Waals surface area contributed by atoms with E-state index in [1.54, 1.807) is 11.8 Å². The number of hydrogen-bond donors (Lipinski definition) is 0. The van der Waals surface area contributed by atoms with Crippen molar-refractivity contribution in [3.63, 3.8) is 0 Å². The number of piperidine rings is 1. The Morgan fingerprint density at radius 1 is 0.939 bits per heavy atom. The molecule has 1 saturated heterocycles. The summed E-state index contributed by atoms with van der Waals surface area (Å²) < 4.78 is 5.10. The van der Waals surface area contributed by atoms with E-state index in [-0.39, 0.29) is 23.9 Å². The lowest BCUT2D eigenvalue weighted by Crippen LogP contribution is -2.50. The number of ether oxygens (including phenoxy) is 1. The van der Waals surface area contributed by atoms with Crippen LogP contribution >= 0.6 is 0 Å². The van der Waals surface area contributed by atoms with Gasteiger partial charge in [0.05, 0.1) is 12.2 Å². The fourth-order valence-corrected chi connectivity index (χ4v) is 4.58. The van der Waals surface area contributed by atoms with Crippen molar-refractivity contribution in [3.05, 3.63) is 71.9 Å². The van der Waals surface area contributed by atoms with E-state index in [0.29, 0.717) is 50.4 Å².